The molecule has 0 aliphatic heterocycles. The van der Waals surface area contributed by atoms with Gasteiger partial charge in [-0.05, 0) is 37.4 Å². The van der Waals surface area contributed by atoms with Crippen LogP contribution in [0.4, 0.5) is 0 Å². The smallest absolute Gasteiger partial charge is 0.158 e. The first-order valence-corrected chi connectivity index (χ1v) is 6.18. The highest BCUT2D eigenvalue weighted by atomic mass is 32.2. The molecule has 0 saturated carbocycles. The summed E-state index contributed by atoms with van der Waals surface area (Å²) in [5, 5.41) is -0.664. The minimum atomic E-state index is -2.20. The van der Waals surface area contributed by atoms with Gasteiger partial charge in [-0.1, -0.05) is 0 Å². The number of aromatic nitrogens is 2. The van der Waals surface area contributed by atoms with Gasteiger partial charge < -0.3 is 9.29 Å². The van der Waals surface area contributed by atoms with Crippen LogP contribution in [0.3, 0.4) is 0 Å². The second-order valence-electron chi connectivity index (χ2n) is 3.46. The fourth-order valence-electron chi connectivity index (χ4n) is 1.25. The highest BCUT2D eigenvalue weighted by molar-refractivity contribution is 7.79. The molecule has 0 radical (unpaired) electrons. The molecule has 16 heavy (non-hydrogen) atoms. The van der Waals surface area contributed by atoms with E-state index in [1.165, 1.54) is 0 Å². The summed E-state index contributed by atoms with van der Waals surface area (Å²) < 4.78 is 27.2. The third-order valence-electron chi connectivity index (χ3n) is 2.13. The molecule has 6 heteroatoms. The maximum atomic E-state index is 10.9. The van der Waals surface area contributed by atoms with Crippen molar-refractivity contribution in [1.29, 1.82) is 0 Å². The Labute approximate surface area is 97.6 Å². The Morgan fingerprint density at radius 1 is 1.50 bits per heavy atom. The van der Waals surface area contributed by atoms with E-state index in [1.807, 2.05) is 13.8 Å². The van der Waals surface area contributed by atoms with Crippen LogP contribution in [0, 0.1) is 6.92 Å². The molecular weight excluding hydrogens is 228 g/mol. The minimum absolute atomic E-state index is 0.407. The molecule has 0 spiro atoms. The van der Waals surface area contributed by atoms with Gasteiger partial charge in [-0.3, -0.25) is 4.21 Å². The molecule has 5 nitrogen and oxygen atoms in total. The van der Waals surface area contributed by atoms with Crippen molar-refractivity contribution in [3.63, 3.8) is 0 Å². The van der Waals surface area contributed by atoms with Gasteiger partial charge in [-0.25, -0.2) is 9.97 Å². The average molecular weight is 243 g/mol. The van der Waals surface area contributed by atoms with E-state index < -0.39 is 22.4 Å². The molecule has 0 fully saturated rings. The Morgan fingerprint density at radius 3 is 2.50 bits per heavy atom. The standard InChI is InChI=1S/C10H16N2O3S/c1-4-15-9(8(3)16(13)14)10-11-5-7(2)6-12-10/h5-6,8-9H,4H2,1-3H3,(H,13,14)/p-1/t8-,9-/m1/s1. The predicted molar refractivity (Wildman–Crippen MR) is 59.5 cm³/mol. The zero-order valence-electron chi connectivity index (χ0n) is 9.54. The molecule has 0 bridgehead atoms. The molecule has 90 valence electrons. The second kappa shape index (κ2) is 6.03. The van der Waals surface area contributed by atoms with Crippen LogP contribution in [0.25, 0.3) is 0 Å². The average Bonchev–Trinajstić information content (AvgIpc) is 2.26. The number of nitrogens with zero attached hydrogens (tertiary/aromatic N) is 2. The molecule has 0 aromatic carbocycles. The van der Waals surface area contributed by atoms with E-state index in [0.717, 1.165) is 5.56 Å². The summed E-state index contributed by atoms with van der Waals surface area (Å²) in [5.74, 6) is 0.407. The van der Waals surface area contributed by atoms with E-state index in [9.17, 15) is 8.76 Å². The van der Waals surface area contributed by atoms with Crippen molar-refractivity contribution < 1.29 is 13.5 Å². The molecule has 0 amide bonds. The van der Waals surface area contributed by atoms with Crippen LogP contribution >= 0.6 is 0 Å². The Bertz CT molecular complexity index is 356. The van der Waals surface area contributed by atoms with Crippen LogP contribution in [-0.2, 0) is 15.8 Å². The van der Waals surface area contributed by atoms with E-state index in [4.69, 9.17) is 4.74 Å². The molecule has 1 aromatic heterocycles. The quantitative estimate of drug-likeness (QED) is 0.725. The molecule has 0 aliphatic carbocycles. The lowest BCUT2D eigenvalue weighted by molar-refractivity contribution is 0.0552. The highest BCUT2D eigenvalue weighted by Gasteiger charge is 2.23. The van der Waals surface area contributed by atoms with Crippen molar-refractivity contribution in [2.75, 3.05) is 6.61 Å². The van der Waals surface area contributed by atoms with Crippen molar-refractivity contribution in [1.82, 2.24) is 9.97 Å². The van der Waals surface area contributed by atoms with Crippen molar-refractivity contribution in [3.8, 4) is 0 Å². The summed E-state index contributed by atoms with van der Waals surface area (Å²) in [7, 11) is 0. The zero-order valence-corrected chi connectivity index (χ0v) is 10.4. The van der Waals surface area contributed by atoms with Gasteiger partial charge in [-0.2, -0.15) is 0 Å². The SMILES string of the molecule is CCO[C@@H](c1ncc(C)cn1)[C@@H](C)S(=O)[O-]. The fourth-order valence-corrected chi connectivity index (χ4v) is 1.65. The lowest BCUT2D eigenvalue weighted by Crippen LogP contribution is -2.25. The van der Waals surface area contributed by atoms with Gasteiger partial charge in [0.1, 0.15) is 6.10 Å². The molecule has 3 atom stereocenters. The van der Waals surface area contributed by atoms with Crippen molar-refractivity contribution in [2.45, 2.75) is 32.1 Å². The number of aryl methyl sites for hydroxylation is 1. The van der Waals surface area contributed by atoms with E-state index in [2.05, 4.69) is 9.97 Å². The molecule has 0 N–H and O–H groups in total. The molecular formula is C10H15N2O3S-. The van der Waals surface area contributed by atoms with Crippen LogP contribution in [-0.4, -0.2) is 30.6 Å². The number of rotatable bonds is 5. The first kappa shape index (κ1) is 13.2. The van der Waals surface area contributed by atoms with Crippen LogP contribution < -0.4 is 0 Å². The highest BCUT2D eigenvalue weighted by Crippen LogP contribution is 2.20. The van der Waals surface area contributed by atoms with Crippen LogP contribution in [0.1, 0.15) is 31.3 Å². The van der Waals surface area contributed by atoms with Gasteiger partial charge in [0.2, 0.25) is 0 Å². The minimum Gasteiger partial charge on any atom is -0.772 e. The van der Waals surface area contributed by atoms with Crippen molar-refractivity contribution in [2.24, 2.45) is 0 Å². The topological polar surface area (TPSA) is 75.1 Å². The van der Waals surface area contributed by atoms with Crippen molar-refractivity contribution in [3.05, 3.63) is 23.8 Å². The monoisotopic (exact) mass is 243 g/mol. The number of hydrogen-bond donors (Lipinski definition) is 0. The van der Waals surface area contributed by atoms with E-state index >= 15 is 0 Å². The van der Waals surface area contributed by atoms with E-state index in [1.54, 1.807) is 19.3 Å². The summed E-state index contributed by atoms with van der Waals surface area (Å²) in [4.78, 5) is 8.18. The van der Waals surface area contributed by atoms with E-state index in [-0.39, 0.29) is 0 Å². The molecule has 1 unspecified atom stereocenters. The van der Waals surface area contributed by atoms with Gasteiger partial charge in [0.15, 0.2) is 5.82 Å². The Balaban J connectivity index is 2.92. The van der Waals surface area contributed by atoms with Gasteiger partial charge in [0.25, 0.3) is 0 Å². The first-order chi connectivity index (χ1) is 7.56. The second-order valence-corrected chi connectivity index (χ2v) is 4.72. The summed E-state index contributed by atoms with van der Waals surface area (Å²) in [6, 6.07) is 0. The molecule has 1 rings (SSSR count). The van der Waals surface area contributed by atoms with Gasteiger partial charge in [0, 0.05) is 19.0 Å². The number of ether oxygens (including phenoxy) is 1. The molecule has 0 saturated heterocycles. The summed E-state index contributed by atoms with van der Waals surface area (Å²) in [5.41, 5.74) is 0.926. The fraction of sp³-hybridized carbons (Fsp3) is 0.600. The van der Waals surface area contributed by atoms with Crippen LogP contribution in [0.2, 0.25) is 0 Å². The summed E-state index contributed by atoms with van der Waals surface area (Å²) in [6.45, 7) is 5.67. The Morgan fingerprint density at radius 2 is 2.06 bits per heavy atom. The maximum absolute atomic E-state index is 10.9. The van der Waals surface area contributed by atoms with Crippen molar-refractivity contribution >= 4 is 11.1 Å². The lowest BCUT2D eigenvalue weighted by atomic mass is 10.2. The number of hydrogen-bond acceptors (Lipinski definition) is 5. The van der Waals surface area contributed by atoms with Crippen LogP contribution in [0.5, 0.6) is 0 Å². The zero-order chi connectivity index (χ0) is 12.1. The third-order valence-corrected chi connectivity index (χ3v) is 2.99. The van der Waals surface area contributed by atoms with Gasteiger partial charge in [0.05, 0.1) is 5.25 Å². The molecule has 0 aliphatic rings. The summed E-state index contributed by atoms with van der Waals surface area (Å²) in [6.07, 6.45) is 2.69. The van der Waals surface area contributed by atoms with Gasteiger partial charge >= 0.3 is 0 Å². The summed E-state index contributed by atoms with van der Waals surface area (Å²) >= 11 is -2.20. The molecule has 1 heterocycles. The maximum Gasteiger partial charge on any atom is 0.158 e. The van der Waals surface area contributed by atoms with Gasteiger partial charge in [-0.15, -0.1) is 0 Å². The third kappa shape index (κ3) is 3.33. The lowest BCUT2D eigenvalue weighted by Gasteiger charge is -2.24. The predicted octanol–water partition coefficient (Wildman–Crippen LogP) is 1.13. The molecule has 1 aromatic rings. The Kier molecular flexibility index (Phi) is 4.98. The largest absolute Gasteiger partial charge is 0.772 e. The van der Waals surface area contributed by atoms with Crippen LogP contribution in [0.15, 0.2) is 12.4 Å². The van der Waals surface area contributed by atoms with E-state index in [0.29, 0.717) is 12.4 Å². The first-order valence-electron chi connectivity index (χ1n) is 5.04. The Hall–Kier alpha value is -0.850. The normalized spacial score (nSPS) is 16.8.